The van der Waals surface area contributed by atoms with Gasteiger partial charge in [0, 0.05) is 9.75 Å². The molecule has 0 fully saturated rings. The van der Waals surface area contributed by atoms with Crippen LogP contribution in [0.3, 0.4) is 0 Å². The molecular formula is C26H10Br2F2N2O4S4. The second-order valence-electron chi connectivity index (χ2n) is 8.14. The van der Waals surface area contributed by atoms with Crippen LogP contribution in [0, 0.1) is 11.6 Å². The average Bonchev–Trinajstić information content (AvgIpc) is 3.72. The van der Waals surface area contributed by atoms with Crippen LogP contribution >= 0.6 is 77.2 Å². The van der Waals surface area contributed by atoms with E-state index in [9.17, 15) is 19.8 Å². The highest BCUT2D eigenvalue weighted by molar-refractivity contribution is 9.11. The van der Waals surface area contributed by atoms with Crippen molar-refractivity contribution >= 4 is 100 Å². The van der Waals surface area contributed by atoms with E-state index in [1.165, 1.54) is 34.8 Å². The van der Waals surface area contributed by atoms with E-state index >= 15 is 8.78 Å². The van der Waals surface area contributed by atoms with E-state index in [-0.39, 0.29) is 43.3 Å². The van der Waals surface area contributed by atoms with Gasteiger partial charge in [-0.1, -0.05) is 0 Å². The van der Waals surface area contributed by atoms with E-state index in [0.29, 0.717) is 27.1 Å². The number of thiophene rings is 4. The Kier molecular flexibility index (Phi) is 7.17. The zero-order chi connectivity index (χ0) is 28.3. The number of nitrogens with zero attached hydrogens (tertiary/aromatic N) is 2. The van der Waals surface area contributed by atoms with Crippen LogP contribution in [0.2, 0.25) is 0 Å². The molecule has 0 aliphatic heterocycles. The lowest BCUT2D eigenvalue weighted by molar-refractivity contribution is 0.0691. The minimum Gasteiger partial charge on any atom is -0.477 e. The van der Waals surface area contributed by atoms with Crippen molar-refractivity contribution in [1.29, 1.82) is 0 Å². The van der Waals surface area contributed by atoms with Crippen molar-refractivity contribution in [3.63, 3.8) is 0 Å². The monoisotopic (exact) mass is 738 g/mol. The van der Waals surface area contributed by atoms with Crippen molar-refractivity contribution in [3.05, 3.63) is 77.5 Å². The van der Waals surface area contributed by atoms with Gasteiger partial charge in [0.1, 0.15) is 32.2 Å². The van der Waals surface area contributed by atoms with Crippen LogP contribution in [0.5, 0.6) is 0 Å². The topological polar surface area (TPSA) is 100 Å². The van der Waals surface area contributed by atoms with Gasteiger partial charge in [-0.3, -0.25) is 0 Å². The highest BCUT2D eigenvalue weighted by Crippen LogP contribution is 2.46. The molecular weight excluding hydrogens is 730 g/mol. The molecule has 0 saturated heterocycles. The third kappa shape index (κ3) is 4.72. The lowest BCUT2D eigenvalue weighted by Crippen LogP contribution is -2.02. The first-order valence-electron chi connectivity index (χ1n) is 11.0. The molecule has 5 aromatic heterocycles. The molecule has 6 rings (SSSR count). The molecule has 0 amide bonds. The number of fused-ring (bicyclic) bond motifs is 1. The summed E-state index contributed by atoms with van der Waals surface area (Å²) in [6.45, 7) is 0. The fraction of sp³-hybridized carbons (Fsp3) is 0. The third-order valence-corrected chi connectivity index (χ3v) is 11.2. The van der Waals surface area contributed by atoms with Crippen LogP contribution < -0.4 is 0 Å². The zero-order valence-corrected chi connectivity index (χ0v) is 25.8. The first kappa shape index (κ1) is 27.3. The van der Waals surface area contributed by atoms with E-state index < -0.39 is 23.6 Å². The quantitative estimate of drug-likeness (QED) is 0.177. The molecule has 0 aliphatic rings. The molecule has 0 bridgehead atoms. The van der Waals surface area contributed by atoms with Crippen molar-refractivity contribution in [1.82, 2.24) is 9.97 Å². The molecule has 40 heavy (non-hydrogen) atoms. The van der Waals surface area contributed by atoms with E-state index in [0.717, 1.165) is 22.7 Å². The van der Waals surface area contributed by atoms with Gasteiger partial charge in [-0.05, 0) is 80.4 Å². The summed E-state index contributed by atoms with van der Waals surface area (Å²) in [7, 11) is 0. The van der Waals surface area contributed by atoms with Gasteiger partial charge in [0.25, 0.3) is 0 Å². The number of hydrogen-bond acceptors (Lipinski definition) is 8. The summed E-state index contributed by atoms with van der Waals surface area (Å²) in [5.74, 6) is -4.43. The number of rotatable bonds is 6. The average molecular weight is 740 g/mol. The number of hydrogen-bond donors (Lipinski definition) is 2. The Bertz CT molecular complexity index is 1850. The maximum Gasteiger partial charge on any atom is 0.345 e. The molecule has 0 aliphatic carbocycles. The van der Waals surface area contributed by atoms with Crippen molar-refractivity contribution in [2.24, 2.45) is 0 Å². The Balaban J connectivity index is 1.77. The van der Waals surface area contributed by atoms with Gasteiger partial charge in [-0.25, -0.2) is 28.3 Å². The first-order chi connectivity index (χ1) is 19.1. The summed E-state index contributed by atoms with van der Waals surface area (Å²) in [6.07, 6.45) is 0. The molecule has 6 nitrogen and oxygen atoms in total. The largest absolute Gasteiger partial charge is 0.477 e. The van der Waals surface area contributed by atoms with Crippen molar-refractivity contribution in [3.8, 4) is 42.0 Å². The lowest BCUT2D eigenvalue weighted by atomic mass is 10.0. The maximum atomic E-state index is 15.9. The van der Waals surface area contributed by atoms with Gasteiger partial charge < -0.3 is 10.2 Å². The second kappa shape index (κ2) is 10.5. The number of carbonyl (C=O) groups is 2. The van der Waals surface area contributed by atoms with Gasteiger partial charge in [0.15, 0.2) is 11.6 Å². The molecule has 5 heterocycles. The maximum absolute atomic E-state index is 15.9. The smallest absolute Gasteiger partial charge is 0.345 e. The van der Waals surface area contributed by atoms with Crippen LogP contribution in [-0.2, 0) is 0 Å². The Morgan fingerprint density at radius 3 is 1.27 bits per heavy atom. The summed E-state index contributed by atoms with van der Waals surface area (Å²) in [5, 5.41) is 19.0. The fourth-order valence-corrected chi connectivity index (χ4v) is 8.58. The van der Waals surface area contributed by atoms with E-state index in [4.69, 9.17) is 9.97 Å². The predicted molar refractivity (Wildman–Crippen MR) is 162 cm³/mol. The molecule has 0 spiro atoms. The van der Waals surface area contributed by atoms with E-state index in [1.54, 1.807) is 36.4 Å². The van der Waals surface area contributed by atoms with Gasteiger partial charge in [-0.15, -0.1) is 45.3 Å². The van der Waals surface area contributed by atoms with Gasteiger partial charge in [0.2, 0.25) is 0 Å². The highest BCUT2D eigenvalue weighted by Gasteiger charge is 2.29. The molecule has 6 aromatic rings. The molecule has 0 radical (unpaired) electrons. The summed E-state index contributed by atoms with van der Waals surface area (Å²) < 4.78 is 33.3. The molecule has 200 valence electrons. The molecule has 1 aromatic carbocycles. The third-order valence-electron chi connectivity index (χ3n) is 5.74. The van der Waals surface area contributed by atoms with Crippen LogP contribution in [0.25, 0.3) is 53.1 Å². The number of benzene rings is 1. The van der Waals surface area contributed by atoms with Crippen LogP contribution in [0.4, 0.5) is 8.78 Å². The summed E-state index contributed by atoms with van der Waals surface area (Å²) in [6, 6.07) is 12.7. The van der Waals surface area contributed by atoms with Crippen molar-refractivity contribution < 1.29 is 28.6 Å². The minimum absolute atomic E-state index is 0.0528. The van der Waals surface area contributed by atoms with E-state index in [2.05, 4.69) is 31.9 Å². The standard InChI is InChI=1S/C26H10Br2F2N2O4S4/c27-15-7-5-9(39-15)17-19(29)20(30)18(10-6-8-16(28)40-10)24-23(17)31-21(11-1-3-13(37-11)25(33)34)22(32-24)12-2-4-14(38-12)26(35)36/h1-8H,(H,33,34)(H,35,36). The number of carboxylic acid groups (broad SMARTS) is 2. The highest BCUT2D eigenvalue weighted by atomic mass is 79.9. The van der Waals surface area contributed by atoms with Gasteiger partial charge in [0.05, 0.1) is 28.5 Å². The normalized spacial score (nSPS) is 11.4. The molecule has 0 saturated carbocycles. The van der Waals surface area contributed by atoms with Crippen molar-refractivity contribution in [2.75, 3.05) is 0 Å². The number of halogens is 4. The first-order valence-corrected chi connectivity index (χ1v) is 15.9. The Morgan fingerprint density at radius 1 is 0.600 bits per heavy atom. The van der Waals surface area contributed by atoms with E-state index in [1.807, 2.05) is 0 Å². The number of carboxylic acids is 2. The minimum atomic E-state index is -1.13. The molecule has 0 atom stereocenters. The predicted octanol–water partition coefficient (Wildman–Crippen LogP) is 9.74. The van der Waals surface area contributed by atoms with Crippen LogP contribution in [0.1, 0.15) is 19.3 Å². The van der Waals surface area contributed by atoms with Gasteiger partial charge >= 0.3 is 11.9 Å². The summed E-state index contributed by atoms with van der Waals surface area (Å²) in [4.78, 5) is 34.7. The molecule has 14 heteroatoms. The Labute approximate surface area is 256 Å². The Morgan fingerprint density at radius 2 is 0.975 bits per heavy atom. The fourth-order valence-electron chi connectivity index (χ4n) is 4.06. The van der Waals surface area contributed by atoms with Crippen LogP contribution in [0.15, 0.2) is 56.1 Å². The molecule has 2 N–H and O–H groups in total. The zero-order valence-electron chi connectivity index (χ0n) is 19.4. The van der Waals surface area contributed by atoms with Gasteiger partial charge in [-0.2, -0.15) is 0 Å². The number of aromatic carboxylic acids is 2. The van der Waals surface area contributed by atoms with Crippen molar-refractivity contribution in [2.45, 2.75) is 0 Å². The summed E-state index contributed by atoms with van der Waals surface area (Å²) in [5.41, 5.74) is 0.485. The SMILES string of the molecule is O=C(O)c1ccc(-c2nc3c(-c4ccc(Br)s4)c(F)c(F)c(-c4ccc(Br)s4)c3nc2-c2ccc(C(=O)O)s2)s1. The molecule has 0 unspecified atom stereocenters. The van der Waals surface area contributed by atoms with Crippen LogP contribution in [-0.4, -0.2) is 32.1 Å². The summed E-state index contributed by atoms with van der Waals surface area (Å²) >= 11 is 11.1. The Hall–Kier alpha value is -2.88. The lowest BCUT2D eigenvalue weighted by Gasteiger charge is -2.15. The second-order valence-corrected chi connectivity index (χ2v) is 15.2. The number of aromatic nitrogens is 2.